The van der Waals surface area contributed by atoms with E-state index in [2.05, 4.69) is 10.3 Å². The third kappa shape index (κ3) is 3.09. The van der Waals surface area contributed by atoms with E-state index in [4.69, 9.17) is 16.0 Å². The molecule has 134 valence electrons. The van der Waals surface area contributed by atoms with Gasteiger partial charge in [-0.15, -0.1) is 5.11 Å². The second-order valence-electron chi connectivity index (χ2n) is 6.96. The number of piperidine rings is 1. The number of amidine groups is 1. The molecule has 1 aromatic rings. The van der Waals surface area contributed by atoms with Gasteiger partial charge in [0.05, 0.1) is 6.04 Å². The van der Waals surface area contributed by atoms with Gasteiger partial charge in [-0.1, -0.05) is 5.22 Å². The lowest BCUT2D eigenvalue weighted by molar-refractivity contribution is -0.147. The lowest BCUT2D eigenvalue weighted by Crippen LogP contribution is -2.55. The van der Waals surface area contributed by atoms with Gasteiger partial charge in [-0.05, 0) is 44.9 Å². The Balaban J connectivity index is 2.08. The second-order valence-corrected chi connectivity index (χ2v) is 6.96. The van der Waals surface area contributed by atoms with E-state index in [0.29, 0.717) is 29.8 Å². The van der Waals surface area contributed by atoms with E-state index in [1.807, 2.05) is 0 Å². The number of fused-ring (bicyclic) bond motifs is 1. The number of carbonyl (C=O) groups excluding carboxylic acids is 1. The fraction of sp³-hybridized carbons (Fsp3) is 0.529. The van der Waals surface area contributed by atoms with Crippen molar-refractivity contribution in [2.24, 2.45) is 16.2 Å². The Hall–Kier alpha value is -2.48. The molecule has 0 bridgehead atoms. The first-order chi connectivity index (χ1) is 11.8. The molecule has 8 nitrogen and oxygen atoms in total. The van der Waals surface area contributed by atoms with Crippen molar-refractivity contribution in [1.82, 2.24) is 4.90 Å². The number of nitrogens with one attached hydrogen (secondary N) is 1. The molecule has 3 rings (SSSR count). The summed E-state index contributed by atoms with van der Waals surface area (Å²) in [7, 11) is 0. The average Bonchev–Trinajstić information content (AvgIpc) is 2.57. The molecule has 1 fully saturated rings. The molecule has 8 heteroatoms. The van der Waals surface area contributed by atoms with Crippen molar-refractivity contribution in [2.45, 2.75) is 50.9 Å². The predicted molar refractivity (Wildman–Crippen MR) is 91.3 cm³/mol. The van der Waals surface area contributed by atoms with Crippen molar-refractivity contribution < 1.29 is 14.6 Å². The van der Waals surface area contributed by atoms with E-state index in [9.17, 15) is 9.90 Å². The number of hydrogen-bond donors (Lipinski definition) is 3. The zero-order valence-electron chi connectivity index (χ0n) is 14.4. The third-order valence-corrected chi connectivity index (χ3v) is 4.84. The molecule has 25 heavy (non-hydrogen) atoms. The van der Waals surface area contributed by atoms with Crippen LogP contribution in [0, 0.1) is 5.41 Å². The number of ether oxygens (including phenoxy) is 1. The number of rotatable bonds is 2. The smallest absolute Gasteiger partial charge is 0.223 e. The Bertz CT molecular complexity index is 731. The summed E-state index contributed by atoms with van der Waals surface area (Å²) in [6.07, 6.45) is 1.37. The molecule has 0 unspecified atom stereocenters. The number of aliphatic hydroxyl groups excluding tert-OH is 1. The summed E-state index contributed by atoms with van der Waals surface area (Å²) in [5.74, 6) is 5.56. The van der Waals surface area contributed by atoms with Crippen LogP contribution in [-0.2, 0) is 4.79 Å². The van der Waals surface area contributed by atoms with Crippen LogP contribution < -0.4 is 10.6 Å². The fourth-order valence-corrected chi connectivity index (χ4v) is 3.49. The molecule has 1 aromatic carbocycles. The first-order valence-electron chi connectivity index (χ1n) is 8.35. The van der Waals surface area contributed by atoms with Crippen molar-refractivity contribution in [3.63, 3.8) is 0 Å². The predicted octanol–water partition coefficient (Wildman–Crippen LogP) is 1.92. The molecule has 2 aliphatic heterocycles. The highest BCUT2D eigenvalue weighted by molar-refractivity contribution is 5.97. The number of benzene rings is 1. The molecule has 0 aromatic heterocycles. The maximum atomic E-state index is 12.5. The lowest BCUT2D eigenvalue weighted by atomic mass is 9.84. The van der Waals surface area contributed by atoms with Gasteiger partial charge in [-0.3, -0.25) is 10.2 Å². The normalized spacial score (nSPS) is 25.6. The van der Waals surface area contributed by atoms with Gasteiger partial charge in [0.1, 0.15) is 17.5 Å². The highest BCUT2D eigenvalue weighted by Crippen LogP contribution is 2.44. The van der Waals surface area contributed by atoms with Gasteiger partial charge in [0.25, 0.3) is 0 Å². The SMILES string of the molecule is CC1(C)Oc2ccc(C(=N)N=NN)cc2[C@@H](N2CCCCC2=O)[C@@H]1O. The van der Waals surface area contributed by atoms with Crippen LogP contribution in [0.5, 0.6) is 5.75 Å². The molecular weight excluding hydrogens is 322 g/mol. The number of nitrogens with two attached hydrogens (primary N) is 1. The molecule has 0 aliphatic carbocycles. The van der Waals surface area contributed by atoms with Crippen LogP contribution in [0.15, 0.2) is 28.5 Å². The number of carbonyl (C=O) groups is 1. The first-order valence-corrected chi connectivity index (χ1v) is 8.35. The van der Waals surface area contributed by atoms with Gasteiger partial charge >= 0.3 is 0 Å². The van der Waals surface area contributed by atoms with E-state index >= 15 is 0 Å². The summed E-state index contributed by atoms with van der Waals surface area (Å²) in [6, 6.07) is 4.63. The molecule has 0 saturated carbocycles. The molecule has 1 saturated heterocycles. The lowest BCUT2D eigenvalue weighted by Gasteiger charge is -2.47. The van der Waals surface area contributed by atoms with E-state index < -0.39 is 17.7 Å². The molecule has 2 heterocycles. The molecule has 0 spiro atoms. The Kier molecular flexibility index (Phi) is 4.47. The van der Waals surface area contributed by atoms with E-state index in [1.165, 1.54) is 0 Å². The standard InChI is InChI=1S/C17H23N5O3/c1-17(2)15(24)14(22-8-4-3-5-13(22)23)11-9-10(16(18)20-21-19)6-7-12(11)25-17/h6-7,9,14-15,24H,3-5,8H2,1-2H3,(H3,18,19,20)/t14-,15+/m1/s1. The van der Waals surface area contributed by atoms with Crippen LogP contribution in [0.3, 0.4) is 0 Å². The Morgan fingerprint density at radius 2 is 2.20 bits per heavy atom. The van der Waals surface area contributed by atoms with Crippen LogP contribution in [0.4, 0.5) is 0 Å². The van der Waals surface area contributed by atoms with Crippen molar-refractivity contribution in [2.75, 3.05) is 6.54 Å². The van der Waals surface area contributed by atoms with Crippen molar-refractivity contribution in [1.29, 1.82) is 5.41 Å². The monoisotopic (exact) mass is 345 g/mol. The van der Waals surface area contributed by atoms with Crippen LogP contribution >= 0.6 is 0 Å². The highest BCUT2D eigenvalue weighted by Gasteiger charge is 2.47. The van der Waals surface area contributed by atoms with Crippen LogP contribution in [0.2, 0.25) is 0 Å². The fourth-order valence-electron chi connectivity index (χ4n) is 3.49. The van der Waals surface area contributed by atoms with Crippen LogP contribution in [-0.4, -0.2) is 40.0 Å². The summed E-state index contributed by atoms with van der Waals surface area (Å²) < 4.78 is 5.95. The summed E-state index contributed by atoms with van der Waals surface area (Å²) in [6.45, 7) is 4.21. The van der Waals surface area contributed by atoms with Gasteiger partial charge in [-0.2, -0.15) is 0 Å². The van der Waals surface area contributed by atoms with Gasteiger partial charge in [-0.25, -0.2) is 0 Å². The number of nitrogens with zero attached hydrogens (tertiary/aromatic N) is 3. The molecule has 0 radical (unpaired) electrons. The van der Waals surface area contributed by atoms with Crippen LogP contribution in [0.1, 0.15) is 50.3 Å². The number of aliphatic hydroxyl groups is 1. The Morgan fingerprint density at radius 1 is 1.44 bits per heavy atom. The van der Waals surface area contributed by atoms with Crippen LogP contribution in [0.25, 0.3) is 0 Å². The minimum Gasteiger partial charge on any atom is -0.485 e. The van der Waals surface area contributed by atoms with E-state index in [0.717, 1.165) is 12.8 Å². The zero-order valence-corrected chi connectivity index (χ0v) is 14.4. The van der Waals surface area contributed by atoms with Gasteiger partial charge in [0.2, 0.25) is 5.91 Å². The molecule has 4 N–H and O–H groups in total. The summed E-state index contributed by atoms with van der Waals surface area (Å²) >= 11 is 0. The van der Waals surface area contributed by atoms with E-state index in [1.54, 1.807) is 36.9 Å². The molecule has 1 amide bonds. The Labute approximate surface area is 146 Å². The number of amides is 1. The van der Waals surface area contributed by atoms with Gasteiger partial charge in [0.15, 0.2) is 5.84 Å². The Morgan fingerprint density at radius 3 is 2.88 bits per heavy atom. The molecule has 2 aliphatic rings. The highest BCUT2D eigenvalue weighted by atomic mass is 16.5. The van der Waals surface area contributed by atoms with E-state index in [-0.39, 0.29) is 11.7 Å². The maximum Gasteiger partial charge on any atom is 0.223 e. The third-order valence-electron chi connectivity index (χ3n) is 4.84. The first kappa shape index (κ1) is 17.3. The topological polar surface area (TPSA) is 124 Å². The average molecular weight is 345 g/mol. The minimum absolute atomic E-state index is 0.0288. The number of likely N-dealkylation sites (tertiary alicyclic amines) is 1. The minimum atomic E-state index is -0.886. The zero-order chi connectivity index (χ0) is 18.2. The molecule has 2 atom stereocenters. The second kappa shape index (κ2) is 6.44. The summed E-state index contributed by atoms with van der Waals surface area (Å²) in [5, 5.41) is 25.5. The molecular formula is C17H23N5O3. The van der Waals surface area contributed by atoms with Gasteiger partial charge in [0, 0.05) is 24.1 Å². The van der Waals surface area contributed by atoms with Crippen molar-refractivity contribution in [3.05, 3.63) is 29.3 Å². The quantitative estimate of drug-likeness (QED) is 0.249. The number of hydrogen-bond acceptors (Lipinski definition) is 5. The van der Waals surface area contributed by atoms with Crippen molar-refractivity contribution in [3.8, 4) is 5.75 Å². The summed E-state index contributed by atoms with van der Waals surface area (Å²) in [4.78, 5) is 14.2. The largest absolute Gasteiger partial charge is 0.485 e. The van der Waals surface area contributed by atoms with Gasteiger partial charge < -0.3 is 20.6 Å². The van der Waals surface area contributed by atoms with Crippen molar-refractivity contribution >= 4 is 11.7 Å². The summed E-state index contributed by atoms with van der Waals surface area (Å²) in [5.41, 5.74) is 0.343. The maximum absolute atomic E-state index is 12.5.